The van der Waals surface area contributed by atoms with Crippen LogP contribution in [0.3, 0.4) is 0 Å². The maximum atomic E-state index is 5.95. The smallest absolute Gasteiger partial charge is 0.212 e. The van der Waals surface area contributed by atoms with Crippen molar-refractivity contribution >= 4 is 29.0 Å². The van der Waals surface area contributed by atoms with Gasteiger partial charge in [-0.05, 0) is 48.0 Å². The van der Waals surface area contributed by atoms with Gasteiger partial charge in [0.1, 0.15) is 0 Å². The molecule has 2 aromatic carbocycles. The minimum absolute atomic E-state index is 0.656. The summed E-state index contributed by atoms with van der Waals surface area (Å²) in [7, 11) is 3.23. The molecule has 6 nitrogen and oxygen atoms in total. The molecule has 0 atom stereocenters. The summed E-state index contributed by atoms with van der Waals surface area (Å²) in [5.74, 6) is 2.08. The fraction of sp³-hybridized carbons (Fsp3) is 0.150. The molecule has 2 heterocycles. The van der Waals surface area contributed by atoms with E-state index in [1.165, 1.54) is 0 Å². The Hall–Kier alpha value is -2.77. The van der Waals surface area contributed by atoms with Crippen LogP contribution in [0, 0.1) is 0 Å². The summed E-state index contributed by atoms with van der Waals surface area (Å²) in [5, 5.41) is 14.6. The standard InChI is InChI=1S/C20H17ClN4O2S/c1-26-17-9-5-14(11-18(17)27-2)16-8-10-19-22-23-20(25(19)24-16)28-12-13-3-6-15(21)7-4-13/h3-11H,12H2,1-2H3. The summed E-state index contributed by atoms with van der Waals surface area (Å²) in [6.45, 7) is 0. The van der Waals surface area contributed by atoms with Gasteiger partial charge in [0.25, 0.3) is 0 Å². The van der Waals surface area contributed by atoms with E-state index in [9.17, 15) is 0 Å². The molecule has 0 radical (unpaired) electrons. The summed E-state index contributed by atoms with van der Waals surface area (Å²) >= 11 is 7.52. The van der Waals surface area contributed by atoms with E-state index in [1.54, 1.807) is 30.5 Å². The molecule has 0 N–H and O–H groups in total. The molecule has 0 aliphatic heterocycles. The van der Waals surface area contributed by atoms with Gasteiger partial charge in [-0.3, -0.25) is 0 Å². The molecule has 0 amide bonds. The van der Waals surface area contributed by atoms with E-state index < -0.39 is 0 Å². The van der Waals surface area contributed by atoms with Crippen LogP contribution in [0.5, 0.6) is 11.5 Å². The molecule has 0 spiro atoms. The number of nitrogens with zero attached hydrogens (tertiary/aromatic N) is 4. The lowest BCUT2D eigenvalue weighted by molar-refractivity contribution is 0.355. The van der Waals surface area contributed by atoms with Gasteiger partial charge in [-0.2, -0.15) is 9.61 Å². The number of ether oxygens (including phenoxy) is 2. The first-order chi connectivity index (χ1) is 13.7. The van der Waals surface area contributed by atoms with Gasteiger partial charge in [0, 0.05) is 16.3 Å². The van der Waals surface area contributed by atoms with Crippen LogP contribution in [0.1, 0.15) is 5.56 Å². The number of benzene rings is 2. The van der Waals surface area contributed by atoms with Gasteiger partial charge in [0.15, 0.2) is 17.1 Å². The molecule has 2 aromatic heterocycles. The normalized spacial score (nSPS) is 11.0. The number of hydrogen-bond acceptors (Lipinski definition) is 6. The molecule has 0 unspecified atom stereocenters. The highest BCUT2D eigenvalue weighted by atomic mass is 35.5. The number of halogens is 1. The van der Waals surface area contributed by atoms with Crippen LogP contribution in [0.4, 0.5) is 0 Å². The fourth-order valence-corrected chi connectivity index (χ4v) is 3.71. The van der Waals surface area contributed by atoms with Crippen molar-refractivity contribution in [3.63, 3.8) is 0 Å². The Bertz CT molecular complexity index is 1120. The first kappa shape index (κ1) is 18.6. The van der Waals surface area contributed by atoms with E-state index in [0.717, 1.165) is 32.8 Å². The monoisotopic (exact) mass is 412 g/mol. The van der Waals surface area contributed by atoms with Crippen LogP contribution < -0.4 is 9.47 Å². The molecular formula is C20H17ClN4O2S. The van der Waals surface area contributed by atoms with E-state index in [-0.39, 0.29) is 0 Å². The van der Waals surface area contributed by atoms with Crippen LogP contribution in [0.2, 0.25) is 5.02 Å². The molecule has 0 saturated carbocycles. The Morgan fingerprint density at radius 2 is 1.71 bits per heavy atom. The minimum Gasteiger partial charge on any atom is -0.493 e. The lowest BCUT2D eigenvalue weighted by Crippen LogP contribution is -1.97. The van der Waals surface area contributed by atoms with Crippen LogP contribution in [0.15, 0.2) is 59.8 Å². The van der Waals surface area contributed by atoms with Gasteiger partial charge in [0.05, 0.1) is 19.9 Å². The summed E-state index contributed by atoms with van der Waals surface area (Å²) in [5.41, 5.74) is 3.56. The summed E-state index contributed by atoms with van der Waals surface area (Å²) in [4.78, 5) is 0. The third kappa shape index (κ3) is 3.76. The first-order valence-corrected chi connectivity index (χ1v) is 9.86. The molecule has 28 heavy (non-hydrogen) atoms. The number of thioether (sulfide) groups is 1. The lowest BCUT2D eigenvalue weighted by Gasteiger charge is -2.09. The van der Waals surface area contributed by atoms with Crippen molar-refractivity contribution < 1.29 is 9.47 Å². The zero-order valence-corrected chi connectivity index (χ0v) is 16.9. The molecule has 0 aliphatic carbocycles. The second-order valence-electron chi connectivity index (χ2n) is 5.96. The summed E-state index contributed by atoms with van der Waals surface area (Å²) < 4.78 is 12.5. The Morgan fingerprint density at radius 3 is 2.46 bits per heavy atom. The predicted molar refractivity (Wildman–Crippen MR) is 110 cm³/mol. The highest BCUT2D eigenvalue weighted by Crippen LogP contribution is 2.32. The quantitative estimate of drug-likeness (QED) is 0.426. The fourth-order valence-electron chi connectivity index (χ4n) is 2.74. The molecule has 0 saturated heterocycles. The average Bonchev–Trinajstić information content (AvgIpc) is 3.15. The number of methoxy groups -OCH3 is 2. The maximum Gasteiger partial charge on any atom is 0.212 e. The van der Waals surface area contributed by atoms with Crippen molar-refractivity contribution in [2.75, 3.05) is 14.2 Å². The molecule has 0 fully saturated rings. The van der Waals surface area contributed by atoms with Crippen molar-refractivity contribution in [1.29, 1.82) is 0 Å². The summed E-state index contributed by atoms with van der Waals surface area (Å²) in [6, 6.07) is 17.3. The van der Waals surface area contributed by atoms with Gasteiger partial charge in [-0.15, -0.1) is 10.2 Å². The number of aromatic nitrogens is 4. The molecule has 0 bridgehead atoms. The molecule has 142 valence electrons. The van der Waals surface area contributed by atoms with E-state index in [1.807, 2.05) is 54.6 Å². The van der Waals surface area contributed by atoms with Gasteiger partial charge in [-0.1, -0.05) is 35.5 Å². The van der Waals surface area contributed by atoms with E-state index in [2.05, 4.69) is 10.2 Å². The van der Waals surface area contributed by atoms with Gasteiger partial charge >= 0.3 is 0 Å². The second kappa shape index (κ2) is 8.08. The van der Waals surface area contributed by atoms with Gasteiger partial charge in [-0.25, -0.2) is 0 Å². The third-order valence-corrected chi connectivity index (χ3v) is 5.44. The van der Waals surface area contributed by atoms with E-state index >= 15 is 0 Å². The Morgan fingerprint density at radius 1 is 0.929 bits per heavy atom. The molecule has 4 rings (SSSR count). The molecular weight excluding hydrogens is 396 g/mol. The van der Waals surface area contributed by atoms with Crippen molar-refractivity contribution in [2.45, 2.75) is 10.9 Å². The van der Waals surface area contributed by atoms with Crippen LogP contribution in [-0.4, -0.2) is 34.0 Å². The van der Waals surface area contributed by atoms with Crippen molar-refractivity contribution in [2.24, 2.45) is 0 Å². The Kier molecular flexibility index (Phi) is 5.36. The highest BCUT2D eigenvalue weighted by Gasteiger charge is 2.12. The predicted octanol–water partition coefficient (Wildman–Crippen LogP) is 4.75. The van der Waals surface area contributed by atoms with Crippen molar-refractivity contribution in [1.82, 2.24) is 19.8 Å². The lowest BCUT2D eigenvalue weighted by atomic mass is 10.1. The first-order valence-electron chi connectivity index (χ1n) is 8.50. The number of hydrogen-bond donors (Lipinski definition) is 0. The van der Waals surface area contributed by atoms with Crippen LogP contribution >= 0.6 is 23.4 Å². The highest BCUT2D eigenvalue weighted by molar-refractivity contribution is 7.98. The molecule has 8 heteroatoms. The van der Waals surface area contributed by atoms with Gasteiger partial charge in [0.2, 0.25) is 5.16 Å². The van der Waals surface area contributed by atoms with Crippen LogP contribution in [-0.2, 0) is 5.75 Å². The zero-order chi connectivity index (χ0) is 19.5. The SMILES string of the molecule is COc1ccc(-c2ccc3nnc(SCc4ccc(Cl)cc4)n3n2)cc1OC. The Balaban J connectivity index is 1.63. The number of fused-ring (bicyclic) bond motifs is 1. The maximum absolute atomic E-state index is 5.95. The molecule has 4 aromatic rings. The minimum atomic E-state index is 0.656. The topological polar surface area (TPSA) is 61.5 Å². The largest absolute Gasteiger partial charge is 0.493 e. The van der Waals surface area contributed by atoms with Crippen molar-refractivity contribution in [3.8, 4) is 22.8 Å². The average molecular weight is 413 g/mol. The van der Waals surface area contributed by atoms with Crippen molar-refractivity contribution in [3.05, 3.63) is 65.2 Å². The number of rotatable bonds is 6. The Labute approximate surface area is 171 Å². The third-order valence-electron chi connectivity index (χ3n) is 4.19. The van der Waals surface area contributed by atoms with E-state index in [0.29, 0.717) is 17.1 Å². The zero-order valence-electron chi connectivity index (χ0n) is 15.3. The van der Waals surface area contributed by atoms with Crippen LogP contribution in [0.25, 0.3) is 16.9 Å². The summed E-state index contributed by atoms with van der Waals surface area (Å²) in [6.07, 6.45) is 0. The molecule has 0 aliphatic rings. The second-order valence-corrected chi connectivity index (χ2v) is 7.33. The van der Waals surface area contributed by atoms with E-state index in [4.69, 9.17) is 26.2 Å². The van der Waals surface area contributed by atoms with Gasteiger partial charge < -0.3 is 9.47 Å².